The first kappa shape index (κ1) is 14.2. The number of carbonyl (C=O) groups is 2. The second kappa shape index (κ2) is 7.34. The van der Waals surface area contributed by atoms with Crippen LogP contribution in [0.25, 0.3) is 0 Å². The number of urea groups is 1. The Morgan fingerprint density at radius 3 is 1.85 bits per heavy atom. The third-order valence-corrected chi connectivity index (χ3v) is 1.33. The van der Waals surface area contributed by atoms with Crippen molar-refractivity contribution < 1.29 is 9.59 Å². The van der Waals surface area contributed by atoms with Gasteiger partial charge in [0, 0.05) is 27.2 Å². The molecular formula is C9H18N2O2. The first-order chi connectivity index (χ1) is 6.00. The zero-order chi connectivity index (χ0) is 11.0. The molecule has 0 aliphatic carbocycles. The summed E-state index contributed by atoms with van der Waals surface area (Å²) in [4.78, 5) is 24.0. The fourth-order valence-corrected chi connectivity index (χ4v) is 0.449. The first-order valence-electron chi connectivity index (χ1n) is 4.14. The number of hydrogen-bond donors (Lipinski definition) is 0. The van der Waals surface area contributed by atoms with Crippen LogP contribution >= 0.6 is 0 Å². The lowest BCUT2D eigenvalue weighted by Crippen LogP contribution is -2.38. The normalized spacial score (nSPS) is 7.77. The van der Waals surface area contributed by atoms with Crippen molar-refractivity contribution >= 4 is 11.9 Å². The van der Waals surface area contributed by atoms with Crippen LogP contribution in [0.3, 0.4) is 0 Å². The lowest BCUT2D eigenvalue weighted by atomic mass is 10.6. The van der Waals surface area contributed by atoms with Gasteiger partial charge in [0.05, 0.1) is 0 Å². The SMILES string of the molecule is C=CN(C)C(=O)N(C)C(C)=O.CC. The Kier molecular flexibility index (Phi) is 8.02. The molecule has 0 spiro atoms. The molecule has 3 amide bonds. The average molecular weight is 186 g/mol. The highest BCUT2D eigenvalue weighted by molar-refractivity contribution is 5.93. The summed E-state index contributed by atoms with van der Waals surface area (Å²) in [5.41, 5.74) is 0. The van der Waals surface area contributed by atoms with Gasteiger partial charge in [0.15, 0.2) is 0 Å². The first-order valence-corrected chi connectivity index (χ1v) is 4.14. The van der Waals surface area contributed by atoms with Crippen molar-refractivity contribution in [3.05, 3.63) is 12.8 Å². The van der Waals surface area contributed by atoms with Gasteiger partial charge in [-0.1, -0.05) is 20.4 Å². The molecule has 76 valence electrons. The van der Waals surface area contributed by atoms with Crippen LogP contribution in [0.5, 0.6) is 0 Å². The van der Waals surface area contributed by atoms with E-state index in [2.05, 4.69) is 6.58 Å². The highest BCUT2D eigenvalue weighted by Crippen LogP contribution is 1.93. The van der Waals surface area contributed by atoms with E-state index in [4.69, 9.17) is 0 Å². The topological polar surface area (TPSA) is 40.6 Å². The minimum absolute atomic E-state index is 0.288. The summed E-state index contributed by atoms with van der Waals surface area (Å²) in [5, 5.41) is 0. The monoisotopic (exact) mass is 186 g/mol. The van der Waals surface area contributed by atoms with Crippen molar-refractivity contribution in [2.45, 2.75) is 20.8 Å². The standard InChI is InChI=1S/C7H12N2O2.C2H6/c1-5-8(3)7(11)9(4)6(2)10;1-2/h5H,1H2,2-4H3;1-2H3. The summed E-state index contributed by atoms with van der Waals surface area (Å²) in [6.45, 7) is 8.72. The highest BCUT2D eigenvalue weighted by Gasteiger charge is 2.14. The maximum absolute atomic E-state index is 11.1. The van der Waals surface area contributed by atoms with Gasteiger partial charge >= 0.3 is 6.03 Å². The molecule has 0 bridgehead atoms. The zero-order valence-corrected chi connectivity index (χ0v) is 9.00. The molecule has 0 radical (unpaired) electrons. The number of nitrogens with zero attached hydrogens (tertiary/aromatic N) is 2. The van der Waals surface area contributed by atoms with E-state index >= 15 is 0 Å². The van der Waals surface area contributed by atoms with Crippen LogP contribution in [0.1, 0.15) is 20.8 Å². The molecule has 0 aliphatic heterocycles. The van der Waals surface area contributed by atoms with Gasteiger partial charge in [0.25, 0.3) is 0 Å². The van der Waals surface area contributed by atoms with Crippen LogP contribution in [-0.2, 0) is 4.79 Å². The fourth-order valence-electron chi connectivity index (χ4n) is 0.449. The molecule has 0 aromatic heterocycles. The van der Waals surface area contributed by atoms with Gasteiger partial charge in [-0.25, -0.2) is 4.79 Å². The molecule has 0 heterocycles. The largest absolute Gasteiger partial charge is 0.330 e. The zero-order valence-electron chi connectivity index (χ0n) is 9.00. The number of amides is 3. The molecule has 0 rings (SSSR count). The molecule has 0 unspecified atom stereocenters. The minimum Gasteiger partial charge on any atom is -0.304 e. The van der Waals surface area contributed by atoms with Crippen molar-refractivity contribution in [3.63, 3.8) is 0 Å². The maximum atomic E-state index is 11.1. The van der Waals surface area contributed by atoms with Crippen LogP contribution in [0.15, 0.2) is 12.8 Å². The van der Waals surface area contributed by atoms with E-state index in [0.29, 0.717) is 0 Å². The maximum Gasteiger partial charge on any atom is 0.330 e. The minimum atomic E-state index is -0.382. The van der Waals surface area contributed by atoms with Crippen LogP contribution in [0.4, 0.5) is 4.79 Å². The van der Waals surface area contributed by atoms with E-state index in [1.807, 2.05) is 13.8 Å². The lowest BCUT2D eigenvalue weighted by Gasteiger charge is -2.18. The Morgan fingerprint density at radius 2 is 1.62 bits per heavy atom. The Labute approximate surface area is 79.8 Å². The fraction of sp³-hybridized carbons (Fsp3) is 0.556. The highest BCUT2D eigenvalue weighted by atomic mass is 16.2. The number of rotatable bonds is 1. The van der Waals surface area contributed by atoms with Crippen LogP contribution in [-0.4, -0.2) is 35.8 Å². The predicted octanol–water partition coefficient (Wildman–Crippen LogP) is 1.69. The Hall–Kier alpha value is -1.32. The number of hydrogen-bond acceptors (Lipinski definition) is 2. The van der Waals surface area contributed by atoms with E-state index in [1.165, 1.54) is 32.1 Å². The van der Waals surface area contributed by atoms with Crippen molar-refractivity contribution in [2.75, 3.05) is 14.1 Å². The van der Waals surface area contributed by atoms with E-state index < -0.39 is 0 Å². The average Bonchev–Trinajstić information content (AvgIpc) is 2.17. The van der Waals surface area contributed by atoms with Crippen LogP contribution in [0.2, 0.25) is 0 Å². The van der Waals surface area contributed by atoms with Gasteiger partial charge in [-0.3, -0.25) is 9.69 Å². The second-order valence-corrected chi connectivity index (χ2v) is 2.15. The summed E-state index contributed by atoms with van der Waals surface area (Å²) in [6.07, 6.45) is 1.35. The lowest BCUT2D eigenvalue weighted by molar-refractivity contribution is -0.125. The van der Waals surface area contributed by atoms with Crippen molar-refractivity contribution in [1.82, 2.24) is 9.80 Å². The van der Waals surface area contributed by atoms with Gasteiger partial charge in [-0.15, -0.1) is 0 Å². The van der Waals surface area contributed by atoms with E-state index in [9.17, 15) is 9.59 Å². The summed E-state index contributed by atoms with van der Waals surface area (Å²) in [7, 11) is 2.96. The summed E-state index contributed by atoms with van der Waals surface area (Å²) < 4.78 is 0. The molecular weight excluding hydrogens is 168 g/mol. The van der Waals surface area contributed by atoms with Gasteiger partial charge in [0.1, 0.15) is 0 Å². The third-order valence-electron chi connectivity index (χ3n) is 1.33. The molecule has 0 aliphatic rings. The molecule has 4 heteroatoms. The van der Waals surface area contributed by atoms with Crippen LogP contribution in [0, 0.1) is 0 Å². The third kappa shape index (κ3) is 5.00. The number of imide groups is 1. The van der Waals surface area contributed by atoms with E-state index in [1.54, 1.807) is 0 Å². The summed E-state index contributed by atoms with van der Waals surface area (Å²) >= 11 is 0. The molecule has 0 fully saturated rings. The molecule has 0 aromatic carbocycles. The smallest absolute Gasteiger partial charge is 0.304 e. The molecule has 0 N–H and O–H groups in total. The van der Waals surface area contributed by atoms with E-state index in [0.717, 1.165) is 4.90 Å². The quantitative estimate of drug-likeness (QED) is 0.625. The van der Waals surface area contributed by atoms with E-state index in [-0.39, 0.29) is 11.9 Å². The van der Waals surface area contributed by atoms with Gasteiger partial charge < -0.3 is 4.90 Å². The van der Waals surface area contributed by atoms with Gasteiger partial charge in [-0.05, 0) is 0 Å². The van der Waals surface area contributed by atoms with Crippen molar-refractivity contribution in [1.29, 1.82) is 0 Å². The molecule has 0 saturated carbocycles. The summed E-state index contributed by atoms with van der Waals surface area (Å²) in [5.74, 6) is -0.288. The Morgan fingerprint density at radius 1 is 1.23 bits per heavy atom. The van der Waals surface area contributed by atoms with Crippen LogP contribution < -0.4 is 0 Å². The van der Waals surface area contributed by atoms with Crippen molar-refractivity contribution in [3.8, 4) is 0 Å². The second-order valence-electron chi connectivity index (χ2n) is 2.15. The molecule has 0 atom stereocenters. The van der Waals surface area contributed by atoms with Gasteiger partial charge in [0.2, 0.25) is 5.91 Å². The van der Waals surface area contributed by atoms with Crippen molar-refractivity contribution in [2.24, 2.45) is 0 Å². The predicted molar refractivity (Wildman–Crippen MR) is 53.1 cm³/mol. The Bertz CT molecular complexity index is 190. The Balaban J connectivity index is 0. The number of carbonyl (C=O) groups excluding carboxylic acids is 2. The molecule has 0 saturated heterocycles. The molecule has 0 aromatic rings. The van der Waals surface area contributed by atoms with Gasteiger partial charge in [-0.2, -0.15) is 0 Å². The summed E-state index contributed by atoms with van der Waals surface area (Å²) in [6, 6.07) is -0.382. The molecule has 4 nitrogen and oxygen atoms in total. The molecule has 13 heavy (non-hydrogen) atoms.